The number of hydrogen-bond acceptors (Lipinski definition) is 8. The van der Waals surface area contributed by atoms with Gasteiger partial charge < -0.3 is 38.9 Å². The van der Waals surface area contributed by atoms with Crippen LogP contribution in [-0.2, 0) is 44.2 Å². The number of hydrogen-bond donors (Lipinski definition) is 3. The van der Waals surface area contributed by atoms with Gasteiger partial charge in [-0.3, -0.25) is 19.3 Å². The van der Waals surface area contributed by atoms with E-state index in [1.54, 1.807) is 27.8 Å². The van der Waals surface area contributed by atoms with Crippen LogP contribution in [0.1, 0.15) is 55.4 Å². The van der Waals surface area contributed by atoms with E-state index in [4.69, 9.17) is 9.47 Å². The van der Waals surface area contributed by atoms with Gasteiger partial charge in [-0.25, -0.2) is 0 Å². The van der Waals surface area contributed by atoms with Gasteiger partial charge in [-0.2, -0.15) is 0 Å². The highest BCUT2D eigenvalue weighted by atomic mass is 28.4. The molecule has 3 aliphatic heterocycles. The number of fused-ring (bicyclic) bond motifs is 3. The summed E-state index contributed by atoms with van der Waals surface area (Å²) in [6.07, 6.45) is 0.642. The number of aliphatic hydroxyl groups is 2. The van der Waals surface area contributed by atoms with Crippen LogP contribution in [0.15, 0.2) is 97.1 Å². The maximum absolute atomic E-state index is 16.9. The van der Waals surface area contributed by atoms with Gasteiger partial charge in [0.2, 0.25) is 20.2 Å². The Balaban J connectivity index is 1.32. The largest absolute Gasteiger partial charge is 0.494 e. The molecule has 4 aromatic carbocycles. The Morgan fingerprint density at radius 3 is 2.32 bits per heavy atom. The molecule has 3 aliphatic rings. The van der Waals surface area contributed by atoms with Crippen molar-refractivity contribution in [2.45, 2.75) is 89.0 Å². The van der Waals surface area contributed by atoms with Crippen LogP contribution in [0.25, 0.3) is 0 Å². The first-order chi connectivity index (χ1) is 28.9. The van der Waals surface area contributed by atoms with E-state index < -0.39 is 37.6 Å². The Bertz CT molecular complexity index is 2150. The third kappa shape index (κ3) is 8.51. The molecule has 318 valence electrons. The summed E-state index contributed by atoms with van der Waals surface area (Å²) in [4.78, 5) is 49.0. The van der Waals surface area contributed by atoms with Crippen LogP contribution in [-0.4, -0.2) is 86.3 Å². The number of nitrogens with zero attached hydrogens (tertiary/aromatic N) is 3. The van der Waals surface area contributed by atoms with E-state index in [-0.39, 0.29) is 57.0 Å². The number of rotatable bonds is 17. The minimum absolute atomic E-state index is 0.0664. The molecule has 0 aliphatic carbocycles. The van der Waals surface area contributed by atoms with Gasteiger partial charge in [0, 0.05) is 42.4 Å². The molecule has 0 radical (unpaired) electrons. The summed E-state index contributed by atoms with van der Waals surface area (Å²) in [6, 6.07) is 29.8. The van der Waals surface area contributed by atoms with E-state index in [2.05, 4.69) is 5.32 Å². The smallest absolute Gasteiger partial charge is 0.264 e. The summed E-state index contributed by atoms with van der Waals surface area (Å²) in [5, 5.41) is 22.8. The van der Waals surface area contributed by atoms with E-state index in [1.807, 2.05) is 111 Å². The second-order valence-corrected chi connectivity index (χ2v) is 20.4. The molecule has 5 atom stereocenters. The summed E-state index contributed by atoms with van der Waals surface area (Å²) < 4.78 is 29.8. The molecule has 3 N–H and O–H groups in total. The molecule has 7 rings (SSSR count). The van der Waals surface area contributed by atoms with Gasteiger partial charge in [0.05, 0.1) is 49.7 Å². The lowest BCUT2D eigenvalue weighted by molar-refractivity contribution is -0.150. The highest BCUT2D eigenvalue weighted by molar-refractivity contribution is 6.72. The van der Waals surface area contributed by atoms with Crippen molar-refractivity contribution >= 4 is 43.2 Å². The van der Waals surface area contributed by atoms with Crippen molar-refractivity contribution in [2.75, 3.05) is 42.7 Å². The van der Waals surface area contributed by atoms with Crippen molar-refractivity contribution in [2.24, 2.45) is 5.92 Å². The first kappa shape index (κ1) is 43.2. The second kappa shape index (κ2) is 18.4. The second-order valence-electron chi connectivity index (χ2n) is 16.6. The fourth-order valence-electron chi connectivity index (χ4n) is 9.54. The van der Waals surface area contributed by atoms with Crippen molar-refractivity contribution < 1.29 is 38.2 Å². The lowest BCUT2D eigenvalue weighted by Gasteiger charge is -2.36. The Morgan fingerprint density at radius 2 is 1.65 bits per heavy atom. The van der Waals surface area contributed by atoms with E-state index in [1.165, 1.54) is 0 Å². The average molecular weight is 837 g/mol. The molecule has 1 spiro atoms. The Labute approximate surface area is 353 Å². The van der Waals surface area contributed by atoms with E-state index in [0.717, 1.165) is 16.7 Å². The number of halogens is 1. The van der Waals surface area contributed by atoms with Crippen LogP contribution in [0, 0.1) is 5.92 Å². The topological polar surface area (TPSA) is 132 Å². The third-order valence-electron chi connectivity index (χ3n) is 12.2. The predicted molar refractivity (Wildman–Crippen MR) is 232 cm³/mol. The summed E-state index contributed by atoms with van der Waals surface area (Å²) in [6.45, 7) is 8.44. The maximum atomic E-state index is 16.9. The molecule has 3 amide bonds. The van der Waals surface area contributed by atoms with Gasteiger partial charge in [-0.05, 0) is 98.9 Å². The van der Waals surface area contributed by atoms with E-state index >= 15 is 8.90 Å². The zero-order valence-corrected chi connectivity index (χ0v) is 36.0. The Morgan fingerprint density at radius 1 is 0.950 bits per heavy atom. The van der Waals surface area contributed by atoms with Crippen LogP contribution >= 0.6 is 0 Å². The lowest BCUT2D eigenvalue weighted by Crippen LogP contribution is -2.49. The lowest BCUT2D eigenvalue weighted by atomic mass is 9.82. The number of anilines is 3. The molecule has 3 heterocycles. The molecule has 0 aromatic heterocycles. The number of nitrogens with one attached hydrogen (secondary N) is 1. The number of carbonyl (C=O) groups excluding carboxylic acids is 3. The molecule has 0 bridgehead atoms. The Hall–Kier alpha value is -4.92. The van der Waals surface area contributed by atoms with Crippen molar-refractivity contribution in [3.05, 3.63) is 119 Å². The van der Waals surface area contributed by atoms with Gasteiger partial charge in [-0.15, -0.1) is 0 Å². The normalized spacial score (nSPS) is 22.3. The van der Waals surface area contributed by atoms with Gasteiger partial charge in [0.1, 0.15) is 5.75 Å². The summed E-state index contributed by atoms with van der Waals surface area (Å²) in [5.41, 5.74) is 2.65. The average Bonchev–Trinajstić information content (AvgIpc) is 3.65. The zero-order chi connectivity index (χ0) is 42.6. The maximum Gasteiger partial charge on any atom is 0.264 e. The molecule has 0 saturated carbocycles. The van der Waals surface area contributed by atoms with Crippen LogP contribution in [0.5, 0.6) is 5.75 Å². The van der Waals surface area contributed by atoms with Crippen LogP contribution in [0.2, 0.25) is 18.6 Å². The molecule has 1 fully saturated rings. The first-order valence-corrected chi connectivity index (χ1v) is 24.1. The van der Waals surface area contributed by atoms with Gasteiger partial charge in [0.15, 0.2) is 5.60 Å². The summed E-state index contributed by atoms with van der Waals surface area (Å²) in [5.74, 6) is -0.791. The molecule has 1 unspecified atom stereocenters. The Kier molecular flexibility index (Phi) is 13.2. The van der Waals surface area contributed by atoms with E-state index in [9.17, 15) is 19.8 Å². The quantitative estimate of drug-likeness (QED) is 0.0604. The van der Waals surface area contributed by atoms with Gasteiger partial charge in [-0.1, -0.05) is 67.6 Å². The van der Waals surface area contributed by atoms with Crippen LogP contribution in [0.3, 0.4) is 0 Å². The minimum atomic E-state index is -3.65. The number of benzene rings is 4. The van der Waals surface area contributed by atoms with Crippen molar-refractivity contribution in [3.8, 4) is 5.75 Å². The third-order valence-corrected chi connectivity index (χ3v) is 14.7. The van der Waals surface area contributed by atoms with Gasteiger partial charge >= 0.3 is 0 Å². The highest BCUT2D eigenvalue weighted by Crippen LogP contribution is 2.61. The van der Waals surface area contributed by atoms with Crippen molar-refractivity contribution in [3.63, 3.8) is 0 Å². The number of amides is 3. The SMILES string of the molecule is CCOc1ccc2c(c1)CC(NCCCCO)C(=O)N2c1ccc2c(c1)[C@]1(O[C@@H](CC(=O)N(CCO)Cc3ccccc3)[C@H]([Si](C)(C)F)[C@H]1C)C(=O)N2Cc1ccccc1. The minimum Gasteiger partial charge on any atom is -0.494 e. The highest BCUT2D eigenvalue weighted by Gasteiger charge is 2.67. The number of carbonyl (C=O) groups is 3. The van der Waals surface area contributed by atoms with Crippen molar-refractivity contribution in [1.29, 1.82) is 0 Å². The number of aliphatic hydroxyl groups excluding tert-OH is 2. The first-order valence-electron chi connectivity index (χ1n) is 21.1. The van der Waals surface area contributed by atoms with Crippen LogP contribution in [0.4, 0.5) is 21.2 Å². The molecular formula is C47H57FN4O7Si. The number of unbranched alkanes of at least 4 members (excludes halogenated alkanes) is 1. The van der Waals surface area contributed by atoms with Gasteiger partial charge in [0.25, 0.3) is 5.91 Å². The fraction of sp³-hybridized carbons (Fsp3) is 0.426. The fourth-order valence-corrected chi connectivity index (χ4v) is 12.0. The molecule has 4 aromatic rings. The molecule has 60 heavy (non-hydrogen) atoms. The standard InChI is InChI=1S/C47H57FN4O7Si/c1-5-58-37-19-21-40-35(26-37)27-39(49-22-12-13-24-53)45(56)52(40)36-18-20-41-38(28-36)47(46(57)51(41)31-34-16-10-7-11-17-34)32(2)44(60(3,4)48)42(59-47)29-43(55)50(23-25-54)30-33-14-8-6-9-15-33/h6-11,14-21,26,28,32,39,42,44,49,53-54H,5,12-13,22-25,27,29-31H2,1-4H3/t32-,39?,42+,44-,47+/m1/s1. The summed E-state index contributed by atoms with van der Waals surface area (Å²) >= 11 is 0. The van der Waals surface area contributed by atoms with Crippen molar-refractivity contribution in [1.82, 2.24) is 10.2 Å². The number of ether oxygens (including phenoxy) is 2. The monoisotopic (exact) mass is 836 g/mol. The molecule has 1 saturated heterocycles. The summed E-state index contributed by atoms with van der Waals surface area (Å²) in [7, 11) is -3.65. The van der Waals surface area contributed by atoms with E-state index in [0.29, 0.717) is 60.8 Å². The molecular weight excluding hydrogens is 780 g/mol. The molecule has 11 nitrogen and oxygen atoms in total. The van der Waals surface area contributed by atoms with Crippen LogP contribution < -0.4 is 19.9 Å². The predicted octanol–water partition coefficient (Wildman–Crippen LogP) is 6.77. The molecule has 13 heteroatoms. The zero-order valence-electron chi connectivity index (χ0n) is 35.0.